The summed E-state index contributed by atoms with van der Waals surface area (Å²) in [5, 5.41) is 3.40. The molecule has 2 aliphatic rings. The molecule has 1 saturated carbocycles. The van der Waals surface area contributed by atoms with Crippen LogP contribution in [0.15, 0.2) is 33.6 Å². The van der Waals surface area contributed by atoms with Gasteiger partial charge in [-0.2, -0.15) is 8.42 Å². The Bertz CT molecular complexity index is 771. The second kappa shape index (κ2) is 7.78. The Hall–Kier alpha value is -1.54. The molecule has 1 aromatic carbocycles. The third kappa shape index (κ3) is 4.17. The van der Waals surface area contributed by atoms with Gasteiger partial charge in [0, 0.05) is 12.6 Å². The summed E-state index contributed by atoms with van der Waals surface area (Å²) >= 11 is 1.19. The molecule has 25 heavy (non-hydrogen) atoms. The van der Waals surface area contributed by atoms with E-state index in [1.807, 2.05) is 17.9 Å². The molecular formula is C17H23N3O3S2. The molecule has 1 aliphatic heterocycles. The first-order chi connectivity index (χ1) is 12.0. The van der Waals surface area contributed by atoms with Crippen molar-refractivity contribution in [1.82, 2.24) is 5.32 Å². The number of fused-ring (bicyclic) bond motifs is 1. The maximum atomic E-state index is 12.4. The van der Waals surface area contributed by atoms with Gasteiger partial charge in [0.25, 0.3) is 10.0 Å². The molecule has 1 amide bonds. The Morgan fingerprint density at radius 2 is 2.04 bits per heavy atom. The molecule has 3 rings (SSSR count). The van der Waals surface area contributed by atoms with E-state index in [1.165, 1.54) is 11.8 Å². The topological polar surface area (TPSA) is 78.8 Å². The molecule has 1 aliphatic carbocycles. The number of benzene rings is 1. The molecule has 1 fully saturated rings. The average molecular weight is 382 g/mol. The van der Waals surface area contributed by atoms with Crippen LogP contribution >= 0.6 is 11.8 Å². The maximum Gasteiger partial charge on any atom is 0.286 e. The number of nitrogens with zero attached hydrogens (tertiary/aromatic N) is 2. The van der Waals surface area contributed by atoms with Crippen molar-refractivity contribution in [3.63, 3.8) is 0 Å². The van der Waals surface area contributed by atoms with Crippen molar-refractivity contribution in [3.05, 3.63) is 24.3 Å². The number of anilines is 1. The SMILES string of the molecule is CCCN1C(SCC(=O)NC2CCCC2)=NS(=O)(=O)c2ccccc21. The summed E-state index contributed by atoms with van der Waals surface area (Å²) in [6.45, 7) is 2.68. The van der Waals surface area contributed by atoms with Gasteiger partial charge < -0.3 is 10.2 Å². The Balaban J connectivity index is 1.74. The van der Waals surface area contributed by atoms with Gasteiger partial charge in [-0.1, -0.05) is 43.7 Å². The van der Waals surface area contributed by atoms with Crippen molar-refractivity contribution >= 4 is 38.5 Å². The number of rotatable bonds is 5. The Morgan fingerprint density at radius 3 is 2.76 bits per heavy atom. The lowest BCUT2D eigenvalue weighted by Gasteiger charge is -2.30. The standard InChI is InChI=1S/C17H23N3O3S2/c1-2-11-20-14-9-5-6-10-15(14)25(22,23)19-17(20)24-12-16(21)18-13-7-3-4-8-13/h5-6,9-10,13H,2-4,7-8,11-12H2,1H3,(H,18,21). The number of hydrogen-bond acceptors (Lipinski definition) is 5. The quantitative estimate of drug-likeness (QED) is 0.848. The molecule has 0 radical (unpaired) electrons. The van der Waals surface area contributed by atoms with Crippen LogP contribution in [0.5, 0.6) is 0 Å². The number of amidine groups is 1. The number of hydrogen-bond donors (Lipinski definition) is 1. The van der Waals surface area contributed by atoms with Gasteiger partial charge in [0.1, 0.15) is 4.90 Å². The first-order valence-corrected chi connectivity index (χ1v) is 11.1. The van der Waals surface area contributed by atoms with E-state index in [0.29, 0.717) is 17.4 Å². The van der Waals surface area contributed by atoms with Crippen molar-refractivity contribution in [3.8, 4) is 0 Å². The number of para-hydroxylation sites is 1. The van der Waals surface area contributed by atoms with Crippen molar-refractivity contribution in [2.24, 2.45) is 4.40 Å². The monoisotopic (exact) mass is 381 g/mol. The van der Waals surface area contributed by atoms with Gasteiger partial charge in [-0.15, -0.1) is 4.40 Å². The predicted octanol–water partition coefficient (Wildman–Crippen LogP) is 2.75. The summed E-state index contributed by atoms with van der Waals surface area (Å²) in [6.07, 6.45) is 5.22. The maximum absolute atomic E-state index is 12.4. The van der Waals surface area contributed by atoms with Crippen molar-refractivity contribution in [2.75, 3.05) is 17.2 Å². The van der Waals surface area contributed by atoms with Crippen LogP contribution in [0.4, 0.5) is 5.69 Å². The van der Waals surface area contributed by atoms with Crippen molar-refractivity contribution in [2.45, 2.75) is 50.0 Å². The summed E-state index contributed by atoms with van der Waals surface area (Å²) in [6, 6.07) is 7.14. The van der Waals surface area contributed by atoms with Crippen LogP contribution in [0.3, 0.4) is 0 Å². The van der Waals surface area contributed by atoms with Crippen LogP contribution in [-0.2, 0) is 14.8 Å². The number of amides is 1. The smallest absolute Gasteiger partial charge is 0.286 e. The molecule has 1 aromatic rings. The summed E-state index contributed by atoms with van der Waals surface area (Å²) in [5.74, 6) is 0.111. The molecule has 0 unspecified atom stereocenters. The summed E-state index contributed by atoms with van der Waals surface area (Å²) in [7, 11) is -3.72. The van der Waals surface area contributed by atoms with Crippen molar-refractivity contribution < 1.29 is 13.2 Å². The van der Waals surface area contributed by atoms with Crippen LogP contribution in [-0.4, -0.2) is 37.8 Å². The van der Waals surface area contributed by atoms with Crippen LogP contribution in [0.1, 0.15) is 39.0 Å². The zero-order chi connectivity index (χ0) is 17.9. The van der Waals surface area contributed by atoms with Crippen LogP contribution in [0, 0.1) is 0 Å². The highest BCUT2D eigenvalue weighted by atomic mass is 32.2. The number of carbonyl (C=O) groups is 1. The highest BCUT2D eigenvalue weighted by Crippen LogP contribution is 2.34. The van der Waals surface area contributed by atoms with Gasteiger partial charge in [0.15, 0.2) is 5.17 Å². The summed E-state index contributed by atoms with van der Waals surface area (Å²) < 4.78 is 28.8. The zero-order valence-corrected chi connectivity index (χ0v) is 15.9. The molecule has 8 heteroatoms. The third-order valence-electron chi connectivity index (χ3n) is 4.36. The minimum absolute atomic E-state index is 0.0627. The lowest BCUT2D eigenvalue weighted by Crippen LogP contribution is -2.37. The fraction of sp³-hybridized carbons (Fsp3) is 0.529. The largest absolute Gasteiger partial charge is 0.353 e. The number of carbonyl (C=O) groups excluding carboxylic acids is 1. The van der Waals surface area contributed by atoms with Crippen LogP contribution in [0.25, 0.3) is 0 Å². The number of nitrogens with one attached hydrogen (secondary N) is 1. The second-order valence-electron chi connectivity index (χ2n) is 6.31. The van der Waals surface area contributed by atoms with Crippen molar-refractivity contribution in [1.29, 1.82) is 0 Å². The highest BCUT2D eigenvalue weighted by molar-refractivity contribution is 8.15. The lowest BCUT2D eigenvalue weighted by molar-refractivity contribution is -0.119. The van der Waals surface area contributed by atoms with Crippen LogP contribution in [0.2, 0.25) is 0 Å². The van der Waals surface area contributed by atoms with E-state index in [2.05, 4.69) is 9.71 Å². The van der Waals surface area contributed by atoms with E-state index < -0.39 is 10.0 Å². The second-order valence-corrected chi connectivity index (χ2v) is 8.82. The van der Waals surface area contributed by atoms with Gasteiger partial charge in [0.05, 0.1) is 11.4 Å². The lowest BCUT2D eigenvalue weighted by atomic mass is 10.2. The predicted molar refractivity (Wildman–Crippen MR) is 102 cm³/mol. The molecule has 0 aromatic heterocycles. The minimum Gasteiger partial charge on any atom is -0.353 e. The van der Waals surface area contributed by atoms with E-state index in [4.69, 9.17) is 0 Å². The molecule has 1 N–H and O–H groups in total. The van der Waals surface area contributed by atoms with E-state index in [9.17, 15) is 13.2 Å². The first kappa shape index (κ1) is 18.3. The minimum atomic E-state index is -3.72. The molecule has 1 heterocycles. The average Bonchev–Trinajstić information content (AvgIpc) is 3.09. The Morgan fingerprint density at radius 1 is 1.32 bits per heavy atom. The van der Waals surface area contributed by atoms with E-state index >= 15 is 0 Å². The number of sulfonamides is 1. The normalized spacial score (nSPS) is 19.4. The summed E-state index contributed by atoms with van der Waals surface area (Å²) in [4.78, 5) is 14.3. The van der Waals surface area contributed by atoms with Gasteiger partial charge in [-0.3, -0.25) is 4.79 Å². The Kier molecular flexibility index (Phi) is 5.68. The molecule has 0 saturated heterocycles. The van der Waals surface area contributed by atoms with E-state index in [1.54, 1.807) is 18.2 Å². The van der Waals surface area contributed by atoms with E-state index in [-0.39, 0.29) is 22.6 Å². The molecule has 6 nitrogen and oxygen atoms in total. The fourth-order valence-electron chi connectivity index (χ4n) is 3.22. The molecule has 0 spiro atoms. The summed E-state index contributed by atoms with van der Waals surface area (Å²) in [5.41, 5.74) is 0.637. The third-order valence-corrected chi connectivity index (χ3v) is 6.77. The van der Waals surface area contributed by atoms with Gasteiger partial charge >= 0.3 is 0 Å². The van der Waals surface area contributed by atoms with Gasteiger partial charge in [-0.05, 0) is 31.4 Å². The van der Waals surface area contributed by atoms with Crippen LogP contribution < -0.4 is 10.2 Å². The molecule has 0 bridgehead atoms. The fourth-order valence-corrected chi connectivity index (χ4v) is 5.51. The first-order valence-electron chi connectivity index (χ1n) is 8.65. The Labute approximate surface area is 153 Å². The highest BCUT2D eigenvalue weighted by Gasteiger charge is 2.30. The van der Waals surface area contributed by atoms with Gasteiger partial charge in [-0.25, -0.2) is 0 Å². The van der Waals surface area contributed by atoms with E-state index in [0.717, 1.165) is 32.1 Å². The number of thioether (sulfide) groups is 1. The zero-order valence-electron chi connectivity index (χ0n) is 14.3. The van der Waals surface area contributed by atoms with Gasteiger partial charge in [0.2, 0.25) is 5.91 Å². The molecule has 0 atom stereocenters. The molecule has 136 valence electrons. The molecular weight excluding hydrogens is 358 g/mol.